The molecule has 0 aliphatic heterocycles. The Morgan fingerprint density at radius 2 is 1.95 bits per heavy atom. The lowest BCUT2D eigenvalue weighted by molar-refractivity contribution is 0.277. The van der Waals surface area contributed by atoms with Gasteiger partial charge in [-0.3, -0.25) is 0 Å². The molecule has 0 aliphatic rings. The van der Waals surface area contributed by atoms with Crippen LogP contribution in [0.4, 0.5) is 0 Å². The van der Waals surface area contributed by atoms with Gasteiger partial charge in [0.2, 0.25) is 0 Å². The summed E-state index contributed by atoms with van der Waals surface area (Å²) in [6.07, 6.45) is 4.78. The highest BCUT2D eigenvalue weighted by Gasteiger charge is 2.10. The highest BCUT2D eigenvalue weighted by atomic mass is 16.5. The zero-order valence-electron chi connectivity index (χ0n) is 12.4. The van der Waals surface area contributed by atoms with Crippen LogP contribution in [0.2, 0.25) is 0 Å². The van der Waals surface area contributed by atoms with Gasteiger partial charge in [-0.25, -0.2) is 4.98 Å². The Labute approximate surface area is 120 Å². The monoisotopic (exact) mass is 274 g/mol. The summed E-state index contributed by atoms with van der Waals surface area (Å²) in [4.78, 5) is 4.42. The minimum absolute atomic E-state index is 0.619. The van der Waals surface area contributed by atoms with Crippen molar-refractivity contribution < 1.29 is 9.47 Å². The first kappa shape index (κ1) is 14.4. The van der Waals surface area contributed by atoms with Crippen LogP contribution in [0, 0.1) is 0 Å². The van der Waals surface area contributed by atoms with E-state index in [4.69, 9.17) is 9.47 Å². The second-order valence-corrected chi connectivity index (χ2v) is 4.48. The molecule has 0 N–H and O–H groups in total. The molecule has 0 saturated heterocycles. The summed E-state index contributed by atoms with van der Waals surface area (Å²) in [6, 6.07) is 6.00. The van der Waals surface area contributed by atoms with E-state index in [0.717, 1.165) is 35.9 Å². The molecule has 0 unspecified atom stereocenters. The molecule has 0 atom stereocenters. The van der Waals surface area contributed by atoms with Crippen LogP contribution in [-0.2, 0) is 6.54 Å². The molecule has 0 amide bonds. The molecule has 4 nitrogen and oxygen atoms in total. The number of hydrogen-bond acceptors (Lipinski definition) is 3. The van der Waals surface area contributed by atoms with Crippen LogP contribution < -0.4 is 9.47 Å². The van der Waals surface area contributed by atoms with Gasteiger partial charge in [0.1, 0.15) is 5.82 Å². The average Bonchev–Trinajstić information content (AvgIpc) is 2.94. The molecular formula is C16H22N2O2. The lowest BCUT2D eigenvalue weighted by Gasteiger charge is -2.13. The second kappa shape index (κ2) is 6.98. The summed E-state index contributed by atoms with van der Waals surface area (Å²) in [5.74, 6) is 2.53. The van der Waals surface area contributed by atoms with Crippen LogP contribution in [-0.4, -0.2) is 22.8 Å². The van der Waals surface area contributed by atoms with E-state index >= 15 is 0 Å². The van der Waals surface area contributed by atoms with Crippen LogP contribution in [0.1, 0.15) is 27.2 Å². The minimum Gasteiger partial charge on any atom is -0.490 e. The number of rotatable bonds is 7. The first-order chi connectivity index (χ1) is 9.80. The molecule has 1 aromatic carbocycles. The Bertz CT molecular complexity index is 549. The topological polar surface area (TPSA) is 36.3 Å². The summed E-state index contributed by atoms with van der Waals surface area (Å²) < 4.78 is 13.5. The third-order valence-electron chi connectivity index (χ3n) is 3.02. The van der Waals surface area contributed by atoms with E-state index in [1.165, 1.54) is 0 Å². The number of benzene rings is 1. The zero-order valence-corrected chi connectivity index (χ0v) is 12.4. The van der Waals surface area contributed by atoms with Gasteiger partial charge in [-0.15, -0.1) is 0 Å². The standard InChI is InChI=1S/C16H22N2O2/c1-4-11-20-14-8-7-13(12-15(14)19-6-3)16-17-9-10-18(16)5-2/h7-10,12H,4-6,11H2,1-3H3. The van der Waals surface area contributed by atoms with Gasteiger partial charge in [0.15, 0.2) is 11.5 Å². The Kier molecular flexibility index (Phi) is 5.04. The van der Waals surface area contributed by atoms with E-state index in [1.807, 2.05) is 37.5 Å². The second-order valence-electron chi connectivity index (χ2n) is 4.48. The van der Waals surface area contributed by atoms with Gasteiger partial charge < -0.3 is 14.0 Å². The molecule has 108 valence electrons. The highest BCUT2D eigenvalue weighted by Crippen LogP contribution is 2.32. The SMILES string of the molecule is CCCOc1ccc(-c2nccn2CC)cc1OCC. The predicted octanol–water partition coefficient (Wildman–Crippen LogP) is 3.76. The summed E-state index contributed by atoms with van der Waals surface area (Å²) in [6.45, 7) is 8.38. The van der Waals surface area contributed by atoms with Gasteiger partial charge in [0, 0.05) is 24.5 Å². The molecule has 1 heterocycles. The van der Waals surface area contributed by atoms with Crippen molar-refractivity contribution >= 4 is 0 Å². The van der Waals surface area contributed by atoms with Crippen molar-refractivity contribution in [1.82, 2.24) is 9.55 Å². The molecular weight excluding hydrogens is 252 g/mol. The first-order valence-corrected chi connectivity index (χ1v) is 7.21. The Morgan fingerprint density at radius 3 is 2.65 bits per heavy atom. The Morgan fingerprint density at radius 1 is 1.10 bits per heavy atom. The molecule has 2 rings (SSSR count). The number of hydrogen-bond donors (Lipinski definition) is 0. The summed E-state index contributed by atoms with van der Waals surface area (Å²) >= 11 is 0. The van der Waals surface area contributed by atoms with E-state index < -0.39 is 0 Å². The fraction of sp³-hybridized carbons (Fsp3) is 0.438. The van der Waals surface area contributed by atoms with E-state index in [0.29, 0.717) is 13.2 Å². The number of nitrogens with zero attached hydrogens (tertiary/aromatic N) is 2. The van der Waals surface area contributed by atoms with Crippen LogP contribution >= 0.6 is 0 Å². The number of aromatic nitrogens is 2. The first-order valence-electron chi connectivity index (χ1n) is 7.21. The average molecular weight is 274 g/mol. The molecule has 1 aromatic heterocycles. The van der Waals surface area contributed by atoms with E-state index in [-0.39, 0.29) is 0 Å². The third-order valence-corrected chi connectivity index (χ3v) is 3.02. The number of imidazole rings is 1. The van der Waals surface area contributed by atoms with Crippen LogP contribution in [0.25, 0.3) is 11.4 Å². The number of ether oxygens (including phenoxy) is 2. The maximum absolute atomic E-state index is 5.72. The minimum atomic E-state index is 0.619. The Balaban J connectivity index is 2.34. The third kappa shape index (κ3) is 3.13. The van der Waals surface area contributed by atoms with Gasteiger partial charge in [-0.2, -0.15) is 0 Å². The molecule has 20 heavy (non-hydrogen) atoms. The van der Waals surface area contributed by atoms with Gasteiger partial charge in [-0.05, 0) is 38.5 Å². The van der Waals surface area contributed by atoms with Gasteiger partial charge in [0.25, 0.3) is 0 Å². The maximum Gasteiger partial charge on any atom is 0.161 e. The van der Waals surface area contributed by atoms with Crippen LogP contribution in [0.3, 0.4) is 0 Å². The van der Waals surface area contributed by atoms with Crippen molar-refractivity contribution in [3.8, 4) is 22.9 Å². The highest BCUT2D eigenvalue weighted by molar-refractivity contribution is 5.61. The van der Waals surface area contributed by atoms with Gasteiger partial charge in [0.05, 0.1) is 13.2 Å². The van der Waals surface area contributed by atoms with Gasteiger partial charge >= 0.3 is 0 Å². The van der Waals surface area contributed by atoms with Crippen molar-refractivity contribution in [2.75, 3.05) is 13.2 Å². The largest absolute Gasteiger partial charge is 0.490 e. The van der Waals surface area contributed by atoms with E-state index in [1.54, 1.807) is 0 Å². The number of aryl methyl sites for hydroxylation is 1. The Hall–Kier alpha value is -1.97. The van der Waals surface area contributed by atoms with Crippen molar-refractivity contribution in [1.29, 1.82) is 0 Å². The molecule has 0 radical (unpaired) electrons. The molecule has 0 fully saturated rings. The van der Waals surface area contributed by atoms with Crippen molar-refractivity contribution in [3.63, 3.8) is 0 Å². The molecule has 2 aromatic rings. The van der Waals surface area contributed by atoms with Crippen molar-refractivity contribution in [2.24, 2.45) is 0 Å². The fourth-order valence-electron chi connectivity index (χ4n) is 2.07. The van der Waals surface area contributed by atoms with Crippen LogP contribution in [0.5, 0.6) is 11.5 Å². The van der Waals surface area contributed by atoms with Crippen molar-refractivity contribution in [2.45, 2.75) is 33.7 Å². The molecule has 0 saturated carbocycles. The van der Waals surface area contributed by atoms with Gasteiger partial charge in [-0.1, -0.05) is 6.92 Å². The molecule has 0 bridgehead atoms. The van der Waals surface area contributed by atoms with E-state index in [2.05, 4.69) is 23.4 Å². The quantitative estimate of drug-likeness (QED) is 0.771. The van der Waals surface area contributed by atoms with Crippen LogP contribution in [0.15, 0.2) is 30.6 Å². The fourth-order valence-corrected chi connectivity index (χ4v) is 2.07. The zero-order chi connectivity index (χ0) is 14.4. The normalized spacial score (nSPS) is 10.6. The molecule has 0 spiro atoms. The molecule has 0 aliphatic carbocycles. The smallest absolute Gasteiger partial charge is 0.161 e. The lowest BCUT2D eigenvalue weighted by atomic mass is 10.2. The van der Waals surface area contributed by atoms with Crippen molar-refractivity contribution in [3.05, 3.63) is 30.6 Å². The lowest BCUT2D eigenvalue weighted by Crippen LogP contribution is -2.01. The maximum atomic E-state index is 5.72. The van der Waals surface area contributed by atoms with E-state index in [9.17, 15) is 0 Å². The summed E-state index contributed by atoms with van der Waals surface area (Å²) in [5, 5.41) is 0. The summed E-state index contributed by atoms with van der Waals surface area (Å²) in [5.41, 5.74) is 1.05. The molecule has 4 heteroatoms. The summed E-state index contributed by atoms with van der Waals surface area (Å²) in [7, 11) is 0. The predicted molar refractivity (Wildman–Crippen MR) is 80.3 cm³/mol.